The molecule has 1 aromatic heterocycles. The van der Waals surface area contributed by atoms with Gasteiger partial charge in [-0.3, -0.25) is 4.90 Å². The molecule has 3 heterocycles. The summed E-state index contributed by atoms with van der Waals surface area (Å²) >= 11 is 3.16. The van der Waals surface area contributed by atoms with Gasteiger partial charge in [0.25, 0.3) is 0 Å². The van der Waals surface area contributed by atoms with E-state index in [4.69, 9.17) is 4.74 Å². The number of nitrogens with zero attached hydrogens (tertiary/aromatic N) is 1. The molecular formula is C21H18BrF3N2O. The molecule has 7 heteroatoms. The van der Waals surface area contributed by atoms with Crippen molar-refractivity contribution in [1.82, 2.24) is 9.88 Å². The molecule has 2 aliphatic heterocycles. The van der Waals surface area contributed by atoms with Crippen LogP contribution in [0.5, 0.6) is 0 Å². The van der Waals surface area contributed by atoms with Crippen molar-refractivity contribution in [2.24, 2.45) is 0 Å². The van der Waals surface area contributed by atoms with E-state index in [0.717, 1.165) is 22.2 Å². The maximum atomic E-state index is 15.1. The molecule has 28 heavy (non-hydrogen) atoms. The lowest BCUT2D eigenvalue weighted by molar-refractivity contribution is -0.144. The smallest absolute Gasteiger partial charge is 0.169 e. The number of rotatable bonds is 3. The van der Waals surface area contributed by atoms with Crippen molar-refractivity contribution in [1.29, 1.82) is 0 Å². The lowest BCUT2D eigenvalue weighted by atomic mass is 9.90. The Morgan fingerprint density at radius 1 is 1.18 bits per heavy atom. The van der Waals surface area contributed by atoms with Crippen molar-refractivity contribution in [3.63, 3.8) is 0 Å². The molecule has 0 bridgehead atoms. The predicted molar refractivity (Wildman–Crippen MR) is 104 cm³/mol. The van der Waals surface area contributed by atoms with Crippen molar-refractivity contribution in [2.75, 3.05) is 26.3 Å². The number of benzene rings is 2. The maximum absolute atomic E-state index is 15.1. The number of halogens is 4. The summed E-state index contributed by atoms with van der Waals surface area (Å²) in [6, 6.07) is 9.67. The van der Waals surface area contributed by atoms with Gasteiger partial charge in [0.15, 0.2) is 5.67 Å². The van der Waals surface area contributed by atoms with Crippen LogP contribution in [0, 0.1) is 11.6 Å². The molecule has 1 atom stereocenters. The SMILES string of the molecule is Fc1ccc(Br)c(F)c1C1c2[nH]c3ccccc3c2CCN1CC1(F)COC1. The van der Waals surface area contributed by atoms with Crippen LogP contribution >= 0.6 is 15.9 Å². The predicted octanol–water partition coefficient (Wildman–Crippen LogP) is 4.89. The Balaban J connectivity index is 1.70. The molecule has 3 nitrogen and oxygen atoms in total. The average Bonchev–Trinajstić information content (AvgIpc) is 3.04. The van der Waals surface area contributed by atoms with Crippen molar-refractivity contribution < 1.29 is 17.9 Å². The number of alkyl halides is 1. The van der Waals surface area contributed by atoms with Gasteiger partial charge in [-0.2, -0.15) is 0 Å². The molecule has 1 fully saturated rings. The minimum absolute atomic E-state index is 0.0131. The first-order chi connectivity index (χ1) is 13.5. The van der Waals surface area contributed by atoms with Gasteiger partial charge in [-0.1, -0.05) is 18.2 Å². The normalized spacial score (nSPS) is 21.5. The van der Waals surface area contributed by atoms with Gasteiger partial charge in [0.05, 0.1) is 23.7 Å². The number of ether oxygens (including phenoxy) is 1. The summed E-state index contributed by atoms with van der Waals surface area (Å²) in [7, 11) is 0. The fraction of sp³-hybridized carbons (Fsp3) is 0.333. The van der Waals surface area contributed by atoms with Crippen LogP contribution in [0.15, 0.2) is 40.9 Å². The van der Waals surface area contributed by atoms with E-state index in [1.165, 1.54) is 12.1 Å². The number of H-pyrrole nitrogens is 1. The van der Waals surface area contributed by atoms with Crippen molar-refractivity contribution >= 4 is 26.8 Å². The number of aromatic amines is 1. The Hall–Kier alpha value is -1.83. The molecule has 0 radical (unpaired) electrons. The van der Waals surface area contributed by atoms with Crippen LogP contribution in [0.4, 0.5) is 13.2 Å². The highest BCUT2D eigenvalue weighted by atomic mass is 79.9. The van der Waals surface area contributed by atoms with E-state index in [1.54, 1.807) is 0 Å². The van der Waals surface area contributed by atoms with Gasteiger partial charge < -0.3 is 9.72 Å². The largest absolute Gasteiger partial charge is 0.375 e. The molecule has 0 aliphatic carbocycles. The molecule has 0 amide bonds. The van der Waals surface area contributed by atoms with E-state index in [1.807, 2.05) is 29.2 Å². The minimum Gasteiger partial charge on any atom is -0.375 e. The number of para-hydroxylation sites is 1. The number of hydrogen-bond donors (Lipinski definition) is 1. The minimum atomic E-state index is -1.49. The average molecular weight is 451 g/mol. The number of fused-ring (bicyclic) bond motifs is 3. The third kappa shape index (κ3) is 2.79. The van der Waals surface area contributed by atoms with Crippen LogP contribution in [0.25, 0.3) is 10.9 Å². The Labute approximate surface area is 168 Å². The van der Waals surface area contributed by atoms with E-state index in [2.05, 4.69) is 20.9 Å². The quantitative estimate of drug-likeness (QED) is 0.575. The fourth-order valence-electron chi connectivity index (χ4n) is 4.36. The van der Waals surface area contributed by atoms with Crippen LogP contribution in [0.1, 0.15) is 22.9 Å². The zero-order valence-electron chi connectivity index (χ0n) is 14.9. The fourth-order valence-corrected chi connectivity index (χ4v) is 4.71. The van der Waals surface area contributed by atoms with Gasteiger partial charge in [0.2, 0.25) is 0 Å². The summed E-state index contributed by atoms with van der Waals surface area (Å²) in [5.41, 5.74) is 1.13. The molecule has 2 aromatic carbocycles. The van der Waals surface area contributed by atoms with Crippen LogP contribution < -0.4 is 0 Å². The summed E-state index contributed by atoms with van der Waals surface area (Å²) in [5.74, 6) is -1.29. The van der Waals surface area contributed by atoms with Crippen LogP contribution in [0.3, 0.4) is 0 Å². The molecular weight excluding hydrogens is 433 g/mol. The number of nitrogens with one attached hydrogen (secondary N) is 1. The van der Waals surface area contributed by atoms with E-state index < -0.39 is 23.3 Å². The summed E-state index contributed by atoms with van der Waals surface area (Å²) in [6.07, 6.45) is 0.685. The molecule has 2 aliphatic rings. The molecule has 0 spiro atoms. The molecule has 1 saturated heterocycles. The summed E-state index contributed by atoms with van der Waals surface area (Å²) in [4.78, 5) is 5.17. The zero-order valence-corrected chi connectivity index (χ0v) is 16.5. The third-order valence-corrected chi connectivity index (χ3v) is 6.31. The summed E-state index contributed by atoms with van der Waals surface area (Å²) < 4.78 is 50.0. The van der Waals surface area contributed by atoms with Gasteiger partial charge >= 0.3 is 0 Å². The van der Waals surface area contributed by atoms with Crippen molar-refractivity contribution in [3.05, 3.63) is 69.3 Å². The lowest BCUT2D eigenvalue weighted by Gasteiger charge is -2.43. The van der Waals surface area contributed by atoms with Crippen LogP contribution in [-0.4, -0.2) is 41.9 Å². The van der Waals surface area contributed by atoms with Gasteiger partial charge in [-0.15, -0.1) is 0 Å². The summed E-state index contributed by atoms with van der Waals surface area (Å²) in [6.45, 7) is 0.604. The summed E-state index contributed by atoms with van der Waals surface area (Å²) in [5, 5.41) is 1.04. The molecule has 1 unspecified atom stereocenters. The van der Waals surface area contributed by atoms with E-state index in [0.29, 0.717) is 13.0 Å². The van der Waals surface area contributed by atoms with Crippen molar-refractivity contribution in [2.45, 2.75) is 18.1 Å². The molecule has 0 saturated carbocycles. The lowest BCUT2D eigenvalue weighted by Crippen LogP contribution is -2.55. The van der Waals surface area contributed by atoms with Gasteiger partial charge in [-0.25, -0.2) is 13.2 Å². The first-order valence-electron chi connectivity index (χ1n) is 9.20. The Bertz CT molecular complexity index is 1060. The molecule has 1 N–H and O–H groups in total. The second-order valence-corrected chi connectivity index (χ2v) is 8.44. The first-order valence-corrected chi connectivity index (χ1v) is 10.00. The third-order valence-electron chi connectivity index (χ3n) is 5.70. The molecule has 5 rings (SSSR count). The van der Waals surface area contributed by atoms with Gasteiger partial charge in [-0.05, 0) is 46.1 Å². The second kappa shape index (κ2) is 6.61. The molecule has 3 aromatic rings. The topological polar surface area (TPSA) is 28.3 Å². The Kier molecular flexibility index (Phi) is 4.30. The zero-order chi connectivity index (χ0) is 19.5. The Morgan fingerprint density at radius 3 is 2.71 bits per heavy atom. The highest BCUT2D eigenvalue weighted by Crippen LogP contribution is 2.42. The van der Waals surface area contributed by atoms with E-state index in [9.17, 15) is 8.78 Å². The van der Waals surface area contributed by atoms with Crippen molar-refractivity contribution in [3.8, 4) is 0 Å². The van der Waals surface area contributed by atoms with Gasteiger partial charge in [0.1, 0.15) is 11.6 Å². The number of hydrogen-bond acceptors (Lipinski definition) is 2. The first kappa shape index (κ1) is 18.2. The second-order valence-electron chi connectivity index (χ2n) is 7.59. The number of aromatic nitrogens is 1. The maximum Gasteiger partial charge on any atom is 0.169 e. The Morgan fingerprint density at radius 2 is 1.96 bits per heavy atom. The highest BCUT2D eigenvalue weighted by Gasteiger charge is 2.45. The van der Waals surface area contributed by atoms with E-state index >= 15 is 4.39 Å². The monoisotopic (exact) mass is 450 g/mol. The highest BCUT2D eigenvalue weighted by molar-refractivity contribution is 9.10. The van der Waals surface area contributed by atoms with Gasteiger partial charge in [0, 0.05) is 35.2 Å². The molecule has 146 valence electrons. The van der Waals surface area contributed by atoms with Crippen LogP contribution in [0.2, 0.25) is 0 Å². The standard InChI is InChI=1S/C21H18BrF3N2O/c22-14-5-6-15(23)17(18(14)24)20-19-13(12-3-1-2-4-16(12)26-19)7-8-27(20)9-21(25)10-28-11-21/h1-6,20,26H,7-11H2. The van der Waals surface area contributed by atoms with Crippen LogP contribution in [-0.2, 0) is 11.2 Å². The van der Waals surface area contributed by atoms with E-state index in [-0.39, 0.29) is 29.8 Å².